The molecule has 0 aromatic rings. The molecule has 22 unspecified atom stereocenters. The molecule has 0 amide bonds. The Morgan fingerprint density at radius 2 is 1.49 bits per heavy atom. The van der Waals surface area contributed by atoms with Crippen LogP contribution in [0.15, 0.2) is 11.6 Å². The van der Waals surface area contributed by atoms with E-state index in [0.29, 0.717) is 25.7 Å². The topological polar surface area (TPSA) is 232 Å². The van der Waals surface area contributed by atoms with Gasteiger partial charge in [-0.25, -0.2) is 0 Å². The third-order valence-electron chi connectivity index (χ3n) is 16.0. The minimum absolute atomic E-state index is 0.0488. The Labute approximate surface area is 324 Å². The first-order valence-corrected chi connectivity index (χ1v) is 20.6. The molecule has 0 aromatic carbocycles. The number of epoxide rings is 1. The van der Waals surface area contributed by atoms with Gasteiger partial charge < -0.3 is 69.6 Å². The van der Waals surface area contributed by atoms with Gasteiger partial charge in [0.15, 0.2) is 12.6 Å². The Balaban J connectivity index is 1.22. The van der Waals surface area contributed by atoms with Crippen molar-refractivity contribution in [1.82, 2.24) is 0 Å². The summed E-state index contributed by atoms with van der Waals surface area (Å²) in [6, 6.07) is 0. The van der Waals surface area contributed by atoms with Crippen LogP contribution in [-0.2, 0) is 23.7 Å². The van der Waals surface area contributed by atoms with Crippen molar-refractivity contribution in [3.8, 4) is 0 Å². The van der Waals surface area contributed by atoms with E-state index in [-0.39, 0.29) is 46.7 Å². The lowest BCUT2D eigenvalue weighted by Gasteiger charge is -2.69. The number of allylic oxidation sites excluding steroid dienone is 1. The first-order chi connectivity index (χ1) is 25.6. The molecule has 3 heterocycles. The molecule has 316 valence electrons. The number of ether oxygens (including phenoxy) is 5. The Hall–Kier alpha value is -0.820. The lowest BCUT2D eigenvalue weighted by Crippen LogP contribution is -2.69. The average Bonchev–Trinajstić information content (AvgIpc) is 3.51. The summed E-state index contributed by atoms with van der Waals surface area (Å²) in [7, 11) is 0. The zero-order valence-electron chi connectivity index (χ0n) is 33.6. The number of aliphatic hydroxyl groups excluding tert-OH is 9. The van der Waals surface area contributed by atoms with E-state index < -0.39 is 103 Å². The summed E-state index contributed by atoms with van der Waals surface area (Å²) >= 11 is 0. The highest BCUT2D eigenvalue weighted by molar-refractivity contribution is 5.22. The molecule has 22 atom stereocenters. The first-order valence-electron chi connectivity index (χ1n) is 20.6. The number of fused-ring (bicyclic) bond motifs is 5. The molecule has 9 N–H and O–H groups in total. The maximum atomic E-state index is 12.1. The number of hydrogen-bond donors (Lipinski definition) is 9. The molecule has 7 aliphatic rings. The number of hydrogen-bond acceptors (Lipinski definition) is 14. The summed E-state index contributed by atoms with van der Waals surface area (Å²) in [6.45, 7) is 15.5. The van der Waals surface area contributed by atoms with Crippen LogP contribution in [0.3, 0.4) is 0 Å². The maximum Gasteiger partial charge on any atom is 0.187 e. The first kappa shape index (κ1) is 42.3. The Kier molecular flexibility index (Phi) is 11.3. The lowest BCUT2D eigenvalue weighted by molar-refractivity contribution is -0.380. The zero-order chi connectivity index (χ0) is 40.3. The minimum Gasteiger partial charge on any atom is -0.394 e. The highest BCUT2D eigenvalue weighted by Gasteiger charge is 2.70. The van der Waals surface area contributed by atoms with Crippen LogP contribution in [0.5, 0.6) is 0 Å². The van der Waals surface area contributed by atoms with Crippen molar-refractivity contribution in [2.45, 2.75) is 191 Å². The maximum absolute atomic E-state index is 12.1. The third-order valence-corrected chi connectivity index (χ3v) is 16.0. The summed E-state index contributed by atoms with van der Waals surface area (Å²) in [6.07, 6.45) is -11.2. The molecule has 4 aliphatic carbocycles. The number of aliphatic hydroxyl groups is 9. The molecule has 0 bridgehead atoms. The van der Waals surface area contributed by atoms with Crippen LogP contribution < -0.4 is 0 Å². The quantitative estimate of drug-likeness (QED) is 0.0940. The van der Waals surface area contributed by atoms with E-state index in [2.05, 4.69) is 13.8 Å². The van der Waals surface area contributed by atoms with Gasteiger partial charge in [0.05, 0.1) is 36.6 Å². The Bertz CT molecular complexity index is 1420. The van der Waals surface area contributed by atoms with Crippen molar-refractivity contribution >= 4 is 0 Å². The van der Waals surface area contributed by atoms with Crippen molar-refractivity contribution in [2.24, 2.45) is 45.8 Å². The summed E-state index contributed by atoms with van der Waals surface area (Å²) in [5, 5.41) is 99.0. The lowest BCUT2D eigenvalue weighted by atomic mass is 9.37. The van der Waals surface area contributed by atoms with Crippen LogP contribution in [0.2, 0.25) is 0 Å². The van der Waals surface area contributed by atoms with E-state index in [9.17, 15) is 46.0 Å². The number of rotatable bonds is 8. The van der Waals surface area contributed by atoms with Gasteiger partial charge in [0.2, 0.25) is 0 Å². The molecule has 7 fully saturated rings. The van der Waals surface area contributed by atoms with Crippen molar-refractivity contribution in [3.05, 3.63) is 11.6 Å². The average molecular weight is 785 g/mol. The second kappa shape index (κ2) is 14.7. The van der Waals surface area contributed by atoms with Gasteiger partial charge in [-0.1, -0.05) is 39.3 Å². The smallest absolute Gasteiger partial charge is 0.187 e. The van der Waals surface area contributed by atoms with E-state index >= 15 is 0 Å². The fraction of sp³-hybridized carbons (Fsp3) is 0.951. The fourth-order valence-electron chi connectivity index (χ4n) is 13.1. The van der Waals surface area contributed by atoms with Crippen LogP contribution >= 0.6 is 0 Å². The standard InChI is InChI=1S/C41H68O14/c1-17(13-22(44)35-39(5,6)55-35)19-9-10-20-27(19)21(43)14-25-40(7)12-11-26(45)38(3,4)34(40)23(15-41(20,25)8)52-37-33(31(49)29(47)24(16-42)53-37)54-36-32(50)30(48)28(46)18(2)51-36/h13,18-37,42-50H,9-12,14-16H2,1-8H3. The van der Waals surface area contributed by atoms with Gasteiger partial charge in [-0.15, -0.1) is 0 Å². The summed E-state index contributed by atoms with van der Waals surface area (Å²) in [5.74, 6) is -0.0398. The second-order valence-corrected chi connectivity index (χ2v) is 20.0. The van der Waals surface area contributed by atoms with Gasteiger partial charge >= 0.3 is 0 Å². The van der Waals surface area contributed by atoms with Gasteiger partial charge in [0.25, 0.3) is 0 Å². The zero-order valence-corrected chi connectivity index (χ0v) is 33.6. The summed E-state index contributed by atoms with van der Waals surface area (Å²) < 4.78 is 30.8. The van der Waals surface area contributed by atoms with Crippen molar-refractivity contribution < 1.29 is 69.6 Å². The second-order valence-electron chi connectivity index (χ2n) is 20.0. The Morgan fingerprint density at radius 3 is 2.13 bits per heavy atom. The van der Waals surface area contributed by atoms with Crippen LogP contribution in [0, 0.1) is 45.8 Å². The van der Waals surface area contributed by atoms with Crippen molar-refractivity contribution in [1.29, 1.82) is 0 Å². The molecule has 7 rings (SSSR count). The molecular weight excluding hydrogens is 716 g/mol. The van der Waals surface area contributed by atoms with Gasteiger partial charge in [0, 0.05) is 0 Å². The SMILES string of the molecule is CC(=CC(O)C1OC1(C)C)C1CCC2C1C(O)CC1C2(C)CC(OC2OC(CO)C(O)C(O)C2OC2OC(C)C(O)C(O)C2O)C2C(C)(C)C(O)CCC21C. The molecule has 0 spiro atoms. The van der Waals surface area contributed by atoms with Crippen LogP contribution in [-0.4, -0.2) is 150 Å². The summed E-state index contributed by atoms with van der Waals surface area (Å²) in [4.78, 5) is 0. The van der Waals surface area contributed by atoms with E-state index in [1.807, 2.05) is 40.7 Å². The van der Waals surface area contributed by atoms with E-state index in [4.69, 9.17) is 23.7 Å². The molecule has 3 aliphatic heterocycles. The molecule has 3 saturated heterocycles. The Morgan fingerprint density at radius 1 is 0.818 bits per heavy atom. The van der Waals surface area contributed by atoms with Gasteiger partial charge in [0.1, 0.15) is 54.9 Å². The molecule has 0 radical (unpaired) electrons. The monoisotopic (exact) mass is 784 g/mol. The van der Waals surface area contributed by atoms with Crippen molar-refractivity contribution in [3.63, 3.8) is 0 Å². The molecule has 4 saturated carbocycles. The highest BCUT2D eigenvalue weighted by atomic mass is 16.8. The van der Waals surface area contributed by atoms with Gasteiger partial charge in [-0.05, 0) is 112 Å². The normalized spacial score (nSPS) is 55.2. The van der Waals surface area contributed by atoms with Crippen LogP contribution in [0.1, 0.15) is 93.9 Å². The predicted octanol–water partition coefficient (Wildman–Crippen LogP) is 0.745. The van der Waals surface area contributed by atoms with Crippen molar-refractivity contribution in [2.75, 3.05) is 6.61 Å². The van der Waals surface area contributed by atoms with Gasteiger partial charge in [-0.3, -0.25) is 0 Å². The molecule has 55 heavy (non-hydrogen) atoms. The van der Waals surface area contributed by atoms with E-state index in [1.54, 1.807) is 0 Å². The van der Waals surface area contributed by atoms with Gasteiger partial charge in [-0.2, -0.15) is 0 Å². The molecule has 0 aromatic heterocycles. The van der Waals surface area contributed by atoms with Crippen LogP contribution in [0.25, 0.3) is 0 Å². The van der Waals surface area contributed by atoms with E-state index in [1.165, 1.54) is 6.92 Å². The van der Waals surface area contributed by atoms with Crippen LogP contribution in [0.4, 0.5) is 0 Å². The fourth-order valence-corrected chi connectivity index (χ4v) is 13.1. The van der Waals surface area contributed by atoms with E-state index in [0.717, 1.165) is 18.4 Å². The highest BCUT2D eigenvalue weighted by Crippen LogP contribution is 2.72. The predicted molar refractivity (Wildman–Crippen MR) is 196 cm³/mol. The molecule has 14 heteroatoms. The molecular formula is C41H68O14. The summed E-state index contributed by atoms with van der Waals surface area (Å²) in [5.41, 5.74) is -0.708. The third kappa shape index (κ3) is 6.89. The largest absolute Gasteiger partial charge is 0.394 e. The molecule has 14 nitrogen and oxygen atoms in total. The minimum atomic E-state index is -1.69.